The number of hydrogen-bond donors (Lipinski definition) is 1. The number of carbonyl (C=O) groups is 1. The smallest absolute Gasteiger partial charge is 0.274 e. The van der Waals surface area contributed by atoms with Gasteiger partial charge in [-0.2, -0.15) is 10.2 Å². The first-order valence-corrected chi connectivity index (χ1v) is 7.81. The molecule has 3 rings (SSSR count). The zero-order valence-corrected chi connectivity index (χ0v) is 13.1. The summed E-state index contributed by atoms with van der Waals surface area (Å²) in [6.07, 6.45) is 6.15. The lowest BCUT2D eigenvalue weighted by molar-refractivity contribution is 0.0666. The van der Waals surface area contributed by atoms with Crippen molar-refractivity contribution >= 4 is 5.91 Å². The van der Waals surface area contributed by atoms with E-state index in [4.69, 9.17) is 0 Å². The first kappa shape index (κ1) is 14.7. The van der Waals surface area contributed by atoms with Crippen molar-refractivity contribution in [3.8, 4) is 0 Å². The first-order chi connectivity index (χ1) is 10.6. The number of amides is 1. The average molecular weight is 302 g/mol. The molecule has 0 aromatic carbocycles. The van der Waals surface area contributed by atoms with E-state index in [1.807, 2.05) is 15.6 Å². The minimum absolute atomic E-state index is 0.00364. The Morgan fingerprint density at radius 2 is 2.36 bits per heavy atom. The van der Waals surface area contributed by atoms with Gasteiger partial charge in [-0.25, -0.2) is 9.67 Å². The molecular weight excluding hydrogens is 280 g/mol. The average Bonchev–Trinajstić information content (AvgIpc) is 3.17. The fraction of sp³-hybridized carbons (Fsp3) is 0.600. The number of nitrogens with one attached hydrogen (secondary N) is 1. The third-order valence-corrected chi connectivity index (χ3v) is 3.97. The fourth-order valence-electron chi connectivity index (χ4n) is 2.94. The van der Waals surface area contributed by atoms with Gasteiger partial charge in [0.1, 0.15) is 18.3 Å². The first-order valence-electron chi connectivity index (χ1n) is 7.81. The van der Waals surface area contributed by atoms with Crippen LogP contribution in [0, 0.1) is 5.92 Å². The molecule has 1 N–H and O–H groups in total. The molecule has 1 aliphatic heterocycles. The van der Waals surface area contributed by atoms with Crippen LogP contribution >= 0.6 is 0 Å². The summed E-state index contributed by atoms with van der Waals surface area (Å²) in [4.78, 5) is 18.5. The van der Waals surface area contributed by atoms with Crippen LogP contribution in [0.3, 0.4) is 0 Å². The van der Waals surface area contributed by atoms with E-state index in [2.05, 4.69) is 34.1 Å². The van der Waals surface area contributed by atoms with Crippen LogP contribution in [-0.2, 0) is 6.42 Å². The van der Waals surface area contributed by atoms with Gasteiger partial charge in [-0.05, 0) is 31.2 Å². The van der Waals surface area contributed by atoms with Gasteiger partial charge >= 0.3 is 0 Å². The monoisotopic (exact) mass is 302 g/mol. The highest BCUT2D eigenvalue weighted by Gasteiger charge is 2.27. The van der Waals surface area contributed by atoms with Crippen LogP contribution in [0.5, 0.6) is 0 Å². The molecule has 0 spiro atoms. The van der Waals surface area contributed by atoms with E-state index >= 15 is 0 Å². The highest BCUT2D eigenvalue weighted by atomic mass is 16.2. The summed E-state index contributed by atoms with van der Waals surface area (Å²) in [6, 6.07) is 2.08. The van der Waals surface area contributed by atoms with E-state index in [1.165, 1.54) is 6.33 Å². The van der Waals surface area contributed by atoms with E-state index in [0.29, 0.717) is 18.2 Å². The third-order valence-electron chi connectivity index (χ3n) is 3.97. The van der Waals surface area contributed by atoms with Gasteiger partial charge in [0.15, 0.2) is 0 Å². The lowest BCUT2D eigenvalue weighted by Gasteiger charge is -2.32. The van der Waals surface area contributed by atoms with Gasteiger partial charge in [0.25, 0.3) is 5.91 Å². The van der Waals surface area contributed by atoms with Crippen LogP contribution in [0.25, 0.3) is 0 Å². The number of aromatic amines is 1. The number of piperidine rings is 1. The van der Waals surface area contributed by atoms with E-state index < -0.39 is 0 Å². The molecule has 0 unspecified atom stereocenters. The van der Waals surface area contributed by atoms with Crippen LogP contribution in [0.2, 0.25) is 0 Å². The Morgan fingerprint density at radius 3 is 3.09 bits per heavy atom. The van der Waals surface area contributed by atoms with Gasteiger partial charge < -0.3 is 4.90 Å². The Bertz CT molecular complexity index is 618. The van der Waals surface area contributed by atoms with Crippen molar-refractivity contribution in [2.45, 2.75) is 39.2 Å². The highest BCUT2D eigenvalue weighted by Crippen LogP contribution is 2.21. The SMILES string of the molecule is CC(C)Cc1cc(C(=O)N2CCC[C@H](n3cncn3)C2)n[nH]1. The molecule has 2 aromatic rings. The highest BCUT2D eigenvalue weighted by molar-refractivity contribution is 5.92. The van der Waals surface area contributed by atoms with Gasteiger partial charge in [0, 0.05) is 18.8 Å². The van der Waals surface area contributed by atoms with Gasteiger partial charge in [-0.15, -0.1) is 0 Å². The van der Waals surface area contributed by atoms with Gasteiger partial charge in [-0.1, -0.05) is 13.8 Å². The Balaban J connectivity index is 1.67. The van der Waals surface area contributed by atoms with Crippen molar-refractivity contribution in [1.82, 2.24) is 29.9 Å². The van der Waals surface area contributed by atoms with Crippen LogP contribution in [0.4, 0.5) is 0 Å². The minimum Gasteiger partial charge on any atom is -0.335 e. The number of rotatable bonds is 4. The van der Waals surface area contributed by atoms with Crippen molar-refractivity contribution in [3.63, 3.8) is 0 Å². The van der Waals surface area contributed by atoms with Gasteiger partial charge in [0.2, 0.25) is 0 Å². The Morgan fingerprint density at radius 1 is 1.50 bits per heavy atom. The van der Waals surface area contributed by atoms with Crippen molar-refractivity contribution in [2.75, 3.05) is 13.1 Å². The van der Waals surface area contributed by atoms with Crippen molar-refractivity contribution in [3.05, 3.63) is 30.1 Å². The molecule has 7 nitrogen and oxygen atoms in total. The van der Waals surface area contributed by atoms with Crippen LogP contribution in [0.1, 0.15) is 48.9 Å². The van der Waals surface area contributed by atoms with Crippen molar-refractivity contribution in [2.24, 2.45) is 5.92 Å². The summed E-state index contributed by atoms with van der Waals surface area (Å²) in [5.41, 5.74) is 1.53. The normalized spacial score (nSPS) is 18.9. The van der Waals surface area contributed by atoms with E-state index in [1.54, 1.807) is 6.33 Å². The summed E-state index contributed by atoms with van der Waals surface area (Å²) in [5, 5.41) is 11.3. The second-order valence-corrected chi connectivity index (χ2v) is 6.30. The molecule has 1 atom stereocenters. The number of aromatic nitrogens is 5. The van der Waals surface area contributed by atoms with Gasteiger partial charge in [-0.3, -0.25) is 9.89 Å². The lowest BCUT2D eigenvalue weighted by Crippen LogP contribution is -2.41. The molecule has 7 heteroatoms. The zero-order valence-electron chi connectivity index (χ0n) is 13.1. The molecule has 1 saturated heterocycles. The predicted molar refractivity (Wildman–Crippen MR) is 81.3 cm³/mol. The molecule has 118 valence electrons. The number of carbonyl (C=O) groups excluding carboxylic acids is 1. The zero-order chi connectivity index (χ0) is 15.5. The second kappa shape index (κ2) is 6.29. The van der Waals surface area contributed by atoms with E-state index in [9.17, 15) is 4.79 Å². The molecule has 1 fully saturated rings. The molecule has 0 aliphatic carbocycles. The van der Waals surface area contributed by atoms with E-state index in [-0.39, 0.29) is 11.9 Å². The largest absolute Gasteiger partial charge is 0.335 e. The maximum Gasteiger partial charge on any atom is 0.274 e. The predicted octanol–water partition coefficient (Wildman–Crippen LogP) is 1.68. The second-order valence-electron chi connectivity index (χ2n) is 6.30. The topological polar surface area (TPSA) is 79.7 Å². The third kappa shape index (κ3) is 3.18. The fourth-order valence-corrected chi connectivity index (χ4v) is 2.94. The van der Waals surface area contributed by atoms with Gasteiger partial charge in [0.05, 0.1) is 6.04 Å². The summed E-state index contributed by atoms with van der Waals surface area (Å²) in [5.74, 6) is 0.533. The quantitative estimate of drug-likeness (QED) is 0.932. The molecular formula is C15H22N6O. The number of H-pyrrole nitrogens is 1. The number of nitrogens with zero attached hydrogens (tertiary/aromatic N) is 5. The molecule has 3 heterocycles. The summed E-state index contributed by atoms with van der Waals surface area (Å²) < 4.78 is 1.84. The molecule has 22 heavy (non-hydrogen) atoms. The van der Waals surface area contributed by atoms with Crippen molar-refractivity contribution < 1.29 is 4.79 Å². The Labute approximate surface area is 129 Å². The van der Waals surface area contributed by atoms with Crippen LogP contribution in [0.15, 0.2) is 18.7 Å². The maximum absolute atomic E-state index is 12.6. The van der Waals surface area contributed by atoms with E-state index in [0.717, 1.165) is 31.5 Å². The number of likely N-dealkylation sites (tertiary alicyclic amines) is 1. The molecule has 1 amide bonds. The van der Waals surface area contributed by atoms with Crippen molar-refractivity contribution in [1.29, 1.82) is 0 Å². The molecule has 0 bridgehead atoms. The Kier molecular flexibility index (Phi) is 4.22. The Hall–Kier alpha value is -2.18. The summed E-state index contributed by atoms with van der Waals surface area (Å²) >= 11 is 0. The van der Waals surface area contributed by atoms with Crippen LogP contribution in [-0.4, -0.2) is 48.9 Å². The molecule has 0 radical (unpaired) electrons. The maximum atomic E-state index is 12.6. The summed E-state index contributed by atoms with van der Waals surface area (Å²) in [7, 11) is 0. The summed E-state index contributed by atoms with van der Waals surface area (Å²) in [6.45, 7) is 5.73. The lowest BCUT2D eigenvalue weighted by atomic mass is 10.1. The number of hydrogen-bond acceptors (Lipinski definition) is 4. The van der Waals surface area contributed by atoms with Crippen LogP contribution < -0.4 is 0 Å². The standard InChI is InChI=1S/C15H22N6O/c1-11(2)6-12-7-14(19-18-12)15(22)20-5-3-4-13(8-20)21-10-16-9-17-21/h7,9-11,13H,3-6,8H2,1-2H3,(H,18,19)/t13-/m0/s1. The molecule has 0 saturated carbocycles. The molecule has 2 aromatic heterocycles. The minimum atomic E-state index is -0.00364. The molecule has 1 aliphatic rings.